The van der Waals surface area contributed by atoms with Crippen LogP contribution in [0.5, 0.6) is 0 Å². The molecule has 0 aliphatic rings. The van der Waals surface area contributed by atoms with Crippen LogP contribution < -0.4 is 0 Å². The van der Waals surface area contributed by atoms with E-state index in [2.05, 4.69) is 6.92 Å². The van der Waals surface area contributed by atoms with Crippen LogP contribution in [-0.4, -0.2) is 9.85 Å². The van der Waals surface area contributed by atoms with Gasteiger partial charge in [0.05, 0.1) is 9.85 Å². The highest BCUT2D eigenvalue weighted by Gasteiger charge is 2.27. The molecule has 1 aromatic rings. The van der Waals surface area contributed by atoms with Crippen LogP contribution in [0.2, 0.25) is 0 Å². The van der Waals surface area contributed by atoms with Gasteiger partial charge in [-0.05, 0) is 25.3 Å². The summed E-state index contributed by atoms with van der Waals surface area (Å²) in [6.45, 7) is 3.73. The Kier molecular flexibility index (Phi) is 6.09. The maximum Gasteiger partial charge on any atom is 0.349 e. The average Bonchev–Trinajstić information content (AvgIpc) is 2.39. The number of hydrogen-bond donors (Lipinski definition) is 0. The van der Waals surface area contributed by atoms with Crippen molar-refractivity contribution in [3.8, 4) is 0 Å². The van der Waals surface area contributed by atoms with E-state index in [0.29, 0.717) is 5.56 Å². The fourth-order valence-electron chi connectivity index (χ4n) is 2.30. The molecule has 1 aromatic carbocycles. The van der Waals surface area contributed by atoms with Crippen molar-refractivity contribution in [2.75, 3.05) is 0 Å². The van der Waals surface area contributed by atoms with Crippen molar-refractivity contribution in [1.29, 1.82) is 0 Å². The van der Waals surface area contributed by atoms with E-state index in [1.54, 1.807) is 13.0 Å². The molecule has 0 atom stereocenters. The van der Waals surface area contributed by atoms with Crippen molar-refractivity contribution < 1.29 is 9.85 Å². The van der Waals surface area contributed by atoms with Crippen LogP contribution in [0.1, 0.15) is 50.2 Å². The molecule has 0 unspecified atom stereocenters. The molecule has 0 bridgehead atoms. The first-order valence-electron chi connectivity index (χ1n) is 6.90. The highest BCUT2D eigenvalue weighted by molar-refractivity contribution is 5.60. The third kappa shape index (κ3) is 4.01. The Morgan fingerprint density at radius 3 is 2.20 bits per heavy atom. The van der Waals surface area contributed by atoms with Gasteiger partial charge >= 0.3 is 11.4 Å². The number of benzene rings is 1. The van der Waals surface area contributed by atoms with Crippen molar-refractivity contribution >= 4 is 11.4 Å². The van der Waals surface area contributed by atoms with Gasteiger partial charge < -0.3 is 0 Å². The first-order valence-corrected chi connectivity index (χ1v) is 6.90. The van der Waals surface area contributed by atoms with E-state index in [1.807, 2.05) is 0 Å². The SMILES string of the molecule is CCCCCCCc1ccc([N+](=O)[O-])c([N+](=O)[O-])c1C. The highest BCUT2D eigenvalue weighted by atomic mass is 16.6. The quantitative estimate of drug-likeness (QED) is 0.403. The number of nitro benzene ring substituents is 2. The largest absolute Gasteiger partial charge is 0.349 e. The van der Waals surface area contributed by atoms with E-state index in [-0.39, 0.29) is 5.69 Å². The smallest absolute Gasteiger partial charge is 0.258 e. The molecule has 110 valence electrons. The lowest BCUT2D eigenvalue weighted by Crippen LogP contribution is -2.02. The number of rotatable bonds is 8. The minimum atomic E-state index is -0.698. The van der Waals surface area contributed by atoms with E-state index >= 15 is 0 Å². The molecule has 0 amide bonds. The predicted molar refractivity (Wildman–Crippen MR) is 77.0 cm³/mol. The summed E-state index contributed by atoms with van der Waals surface area (Å²) in [4.78, 5) is 20.5. The number of unbranched alkanes of at least 4 members (excludes halogenated alkanes) is 4. The monoisotopic (exact) mass is 280 g/mol. The number of aryl methyl sites for hydroxylation is 1. The molecule has 0 fully saturated rings. The van der Waals surface area contributed by atoms with Gasteiger partial charge in [0.25, 0.3) is 0 Å². The Balaban J connectivity index is 2.86. The Hall–Kier alpha value is -1.98. The number of hydrogen-bond acceptors (Lipinski definition) is 4. The topological polar surface area (TPSA) is 86.3 Å². The predicted octanol–water partition coefficient (Wildman–Crippen LogP) is 4.32. The zero-order chi connectivity index (χ0) is 15.1. The van der Waals surface area contributed by atoms with E-state index in [4.69, 9.17) is 0 Å². The van der Waals surface area contributed by atoms with Gasteiger partial charge in [0.15, 0.2) is 0 Å². The molecule has 0 aliphatic heterocycles. The Morgan fingerprint density at radius 1 is 1.00 bits per heavy atom. The zero-order valence-corrected chi connectivity index (χ0v) is 11.9. The van der Waals surface area contributed by atoms with Gasteiger partial charge in [0.1, 0.15) is 0 Å². The molecule has 6 nitrogen and oxygen atoms in total. The fraction of sp³-hybridized carbons (Fsp3) is 0.571. The summed E-state index contributed by atoms with van der Waals surface area (Å²) in [5, 5.41) is 21.8. The summed E-state index contributed by atoms with van der Waals surface area (Å²) in [5.74, 6) is 0. The zero-order valence-electron chi connectivity index (χ0n) is 11.9. The maximum atomic E-state index is 11.0. The van der Waals surface area contributed by atoms with Crippen LogP contribution in [0.4, 0.5) is 11.4 Å². The standard InChI is InChI=1S/C14H20N2O4/c1-3-4-5-6-7-8-12-9-10-13(15(17)18)14(11(12)2)16(19)20/h9-10H,3-8H2,1-2H3. The molecule has 0 aromatic heterocycles. The van der Waals surface area contributed by atoms with Crippen LogP contribution in [0, 0.1) is 27.2 Å². The van der Waals surface area contributed by atoms with Crippen molar-refractivity contribution in [3.05, 3.63) is 43.5 Å². The van der Waals surface area contributed by atoms with E-state index in [9.17, 15) is 20.2 Å². The molecule has 6 heteroatoms. The van der Waals surface area contributed by atoms with Gasteiger partial charge in [0.2, 0.25) is 0 Å². The second-order valence-corrected chi connectivity index (χ2v) is 4.90. The summed E-state index contributed by atoms with van der Waals surface area (Å²) in [6, 6.07) is 2.88. The maximum absolute atomic E-state index is 11.0. The Labute approximate surface area is 118 Å². The molecule has 1 rings (SSSR count). The first kappa shape index (κ1) is 16.1. The van der Waals surface area contributed by atoms with Crippen LogP contribution in [0.3, 0.4) is 0 Å². The van der Waals surface area contributed by atoms with Gasteiger partial charge in [-0.15, -0.1) is 0 Å². The summed E-state index contributed by atoms with van der Waals surface area (Å²) >= 11 is 0. The van der Waals surface area contributed by atoms with E-state index in [1.165, 1.54) is 18.9 Å². The van der Waals surface area contributed by atoms with Crippen molar-refractivity contribution in [2.45, 2.75) is 52.4 Å². The summed E-state index contributed by atoms with van der Waals surface area (Å²) in [5.41, 5.74) is 0.446. The van der Waals surface area contributed by atoms with Gasteiger partial charge in [-0.2, -0.15) is 0 Å². The second kappa shape index (κ2) is 7.57. The van der Waals surface area contributed by atoms with Gasteiger partial charge in [-0.3, -0.25) is 20.2 Å². The minimum absolute atomic E-state index is 0.374. The average molecular weight is 280 g/mol. The molecule has 0 aliphatic carbocycles. The molecular weight excluding hydrogens is 260 g/mol. The van der Waals surface area contributed by atoms with Gasteiger partial charge in [0, 0.05) is 11.6 Å². The molecule has 0 heterocycles. The van der Waals surface area contributed by atoms with Crippen LogP contribution >= 0.6 is 0 Å². The van der Waals surface area contributed by atoms with E-state index < -0.39 is 15.5 Å². The van der Waals surface area contributed by atoms with Gasteiger partial charge in [-0.25, -0.2) is 0 Å². The summed E-state index contributed by atoms with van der Waals surface area (Å²) in [6.07, 6.45) is 6.29. The van der Waals surface area contributed by atoms with E-state index in [0.717, 1.165) is 31.2 Å². The molecule has 0 saturated carbocycles. The lowest BCUT2D eigenvalue weighted by molar-refractivity contribution is -0.422. The Bertz CT molecular complexity index is 500. The number of nitro groups is 2. The Morgan fingerprint density at radius 2 is 1.65 bits per heavy atom. The summed E-state index contributed by atoms with van der Waals surface area (Å²) < 4.78 is 0. The van der Waals surface area contributed by atoms with Gasteiger partial charge in [-0.1, -0.05) is 38.7 Å². The molecule has 20 heavy (non-hydrogen) atoms. The normalized spacial score (nSPS) is 10.5. The van der Waals surface area contributed by atoms with Crippen LogP contribution in [0.15, 0.2) is 12.1 Å². The summed E-state index contributed by atoms with van der Waals surface area (Å²) in [7, 11) is 0. The lowest BCUT2D eigenvalue weighted by Gasteiger charge is -2.06. The van der Waals surface area contributed by atoms with Crippen molar-refractivity contribution in [1.82, 2.24) is 0 Å². The molecule has 0 spiro atoms. The molecular formula is C14H20N2O4. The number of nitrogens with zero attached hydrogens (tertiary/aromatic N) is 2. The molecule has 0 radical (unpaired) electrons. The third-order valence-electron chi connectivity index (χ3n) is 3.45. The first-order chi connectivity index (χ1) is 9.49. The molecule has 0 N–H and O–H groups in total. The second-order valence-electron chi connectivity index (χ2n) is 4.90. The minimum Gasteiger partial charge on any atom is -0.258 e. The highest BCUT2D eigenvalue weighted by Crippen LogP contribution is 2.33. The lowest BCUT2D eigenvalue weighted by atomic mass is 9.99. The molecule has 0 saturated heterocycles. The third-order valence-corrected chi connectivity index (χ3v) is 3.45. The van der Waals surface area contributed by atoms with Crippen molar-refractivity contribution in [2.24, 2.45) is 0 Å². The fourth-order valence-corrected chi connectivity index (χ4v) is 2.30. The van der Waals surface area contributed by atoms with Crippen LogP contribution in [-0.2, 0) is 6.42 Å². The van der Waals surface area contributed by atoms with Crippen molar-refractivity contribution in [3.63, 3.8) is 0 Å². The van der Waals surface area contributed by atoms with Crippen LogP contribution in [0.25, 0.3) is 0 Å².